The summed E-state index contributed by atoms with van der Waals surface area (Å²) in [5.41, 5.74) is 3.75. The number of rotatable bonds is 9. The molecule has 7 rings (SSSR count). The van der Waals surface area contributed by atoms with Gasteiger partial charge in [0.15, 0.2) is 5.82 Å². The summed E-state index contributed by atoms with van der Waals surface area (Å²) in [7, 11) is 3.33. The molecule has 0 radical (unpaired) electrons. The molecule has 2 aliphatic rings. The van der Waals surface area contributed by atoms with Crippen molar-refractivity contribution in [2.24, 2.45) is 7.05 Å². The van der Waals surface area contributed by atoms with E-state index in [0.717, 1.165) is 5.56 Å². The maximum absolute atomic E-state index is 16.6. The number of fused-ring (bicyclic) bond motifs is 1. The van der Waals surface area contributed by atoms with Gasteiger partial charge in [0.1, 0.15) is 11.4 Å². The van der Waals surface area contributed by atoms with Gasteiger partial charge in [-0.3, -0.25) is 24.0 Å². The Bertz CT molecular complexity index is 2130. The Morgan fingerprint density at radius 2 is 1.78 bits per heavy atom. The number of nitrogens with one attached hydrogen (secondary N) is 1. The second kappa shape index (κ2) is 14.1. The minimum absolute atomic E-state index is 0.0252. The zero-order valence-electron chi connectivity index (χ0n) is 28.1. The molecule has 0 unspecified atom stereocenters. The van der Waals surface area contributed by atoms with E-state index in [2.05, 4.69) is 20.2 Å². The van der Waals surface area contributed by atoms with Gasteiger partial charge in [-0.15, -0.1) is 5.10 Å². The van der Waals surface area contributed by atoms with Crippen LogP contribution in [-0.4, -0.2) is 97.4 Å². The Morgan fingerprint density at radius 1 is 0.960 bits per heavy atom. The van der Waals surface area contributed by atoms with E-state index in [9.17, 15) is 14.4 Å². The number of ether oxygens (including phenoxy) is 1. The fourth-order valence-corrected chi connectivity index (χ4v) is 6.87. The van der Waals surface area contributed by atoms with E-state index in [0.29, 0.717) is 91.3 Å². The molecule has 5 aromatic rings. The Hall–Kier alpha value is -5.56. The number of piperazine rings is 1. The average molecular weight is 679 g/mol. The summed E-state index contributed by atoms with van der Waals surface area (Å²) < 4.78 is 25.5. The molecule has 1 saturated heterocycles. The quantitative estimate of drug-likeness (QED) is 0.251. The monoisotopic (exact) mass is 678 g/mol. The zero-order valence-corrected chi connectivity index (χ0v) is 28.1. The molecule has 2 aliphatic heterocycles. The number of carbonyl (C=O) groups is 2. The number of aromatic amines is 1. The predicted octanol–water partition coefficient (Wildman–Crippen LogP) is 3.94. The third-order valence-electron chi connectivity index (χ3n) is 9.61. The third kappa shape index (κ3) is 6.56. The first-order chi connectivity index (χ1) is 24.3. The lowest BCUT2D eigenvalue weighted by molar-refractivity contribution is -0.131. The maximum Gasteiger partial charge on any atom is 0.270 e. The number of para-hydroxylation sites is 1. The molecular formula is C37H39FN8O4. The molecule has 3 aromatic heterocycles. The highest BCUT2D eigenvalue weighted by Gasteiger charge is 2.28. The van der Waals surface area contributed by atoms with Crippen molar-refractivity contribution in [3.05, 3.63) is 106 Å². The molecule has 0 bridgehead atoms. The maximum atomic E-state index is 16.6. The summed E-state index contributed by atoms with van der Waals surface area (Å²) in [5, 5.41) is 8.30. The van der Waals surface area contributed by atoms with Crippen LogP contribution in [0.3, 0.4) is 0 Å². The molecule has 50 heavy (non-hydrogen) atoms. The molecule has 0 spiro atoms. The molecule has 258 valence electrons. The highest BCUT2D eigenvalue weighted by molar-refractivity contribution is 6.05. The predicted molar refractivity (Wildman–Crippen MR) is 187 cm³/mol. The van der Waals surface area contributed by atoms with E-state index < -0.39 is 5.82 Å². The van der Waals surface area contributed by atoms with Gasteiger partial charge >= 0.3 is 0 Å². The summed E-state index contributed by atoms with van der Waals surface area (Å²) in [6.07, 6.45) is 7.85. The normalized spacial score (nSPS) is 15.4. The molecule has 1 N–H and O–H groups in total. The second-order valence-electron chi connectivity index (χ2n) is 12.7. The standard InChI is InChI=1S/C37H39FN8O4/c1-42-13-5-8-26(36(42)48)23-43-17-19-44(20-18-43)37(49)31-22-30-29(27-9-3-4-10-32(27)50-2)21-28(34(38)35(30)40-31)25-7-6-14-45(24-25)33(47)11-15-46-16-12-39-41-46/h3-5,7-10,12-13,16,21-22,40H,6,11,14-15,17-20,23-24H2,1-2H3. The molecular weight excluding hydrogens is 639 g/mol. The first kappa shape index (κ1) is 33.0. The molecule has 2 aromatic carbocycles. The van der Waals surface area contributed by atoms with Crippen molar-refractivity contribution >= 4 is 28.3 Å². The highest BCUT2D eigenvalue weighted by Crippen LogP contribution is 2.40. The smallest absolute Gasteiger partial charge is 0.270 e. The molecule has 2 amide bonds. The van der Waals surface area contributed by atoms with Crippen molar-refractivity contribution in [3.8, 4) is 16.9 Å². The minimum atomic E-state index is -0.477. The van der Waals surface area contributed by atoms with Crippen LogP contribution in [0.1, 0.15) is 34.5 Å². The number of halogens is 1. The van der Waals surface area contributed by atoms with Crippen LogP contribution in [0.5, 0.6) is 5.75 Å². The van der Waals surface area contributed by atoms with Crippen molar-refractivity contribution in [1.29, 1.82) is 0 Å². The van der Waals surface area contributed by atoms with Crippen LogP contribution in [0.2, 0.25) is 0 Å². The van der Waals surface area contributed by atoms with Crippen molar-refractivity contribution in [1.82, 2.24) is 39.2 Å². The second-order valence-corrected chi connectivity index (χ2v) is 12.7. The van der Waals surface area contributed by atoms with Crippen LogP contribution >= 0.6 is 0 Å². The van der Waals surface area contributed by atoms with Gasteiger partial charge in [0.2, 0.25) is 5.91 Å². The number of hydrogen-bond acceptors (Lipinski definition) is 7. The van der Waals surface area contributed by atoms with E-state index in [4.69, 9.17) is 4.74 Å². The van der Waals surface area contributed by atoms with Crippen LogP contribution < -0.4 is 10.3 Å². The molecule has 0 aliphatic carbocycles. The topological polar surface area (TPSA) is 122 Å². The van der Waals surface area contributed by atoms with E-state index in [1.54, 1.807) is 63.9 Å². The van der Waals surface area contributed by atoms with E-state index in [1.165, 1.54) is 0 Å². The number of pyridine rings is 1. The summed E-state index contributed by atoms with van der Waals surface area (Å²) in [6, 6.07) is 14.8. The van der Waals surface area contributed by atoms with Crippen LogP contribution in [0.15, 0.2) is 78.0 Å². The molecule has 5 heterocycles. The lowest BCUT2D eigenvalue weighted by Crippen LogP contribution is -2.48. The summed E-state index contributed by atoms with van der Waals surface area (Å²) >= 11 is 0. The van der Waals surface area contributed by atoms with Gasteiger partial charge < -0.3 is 24.1 Å². The van der Waals surface area contributed by atoms with Gasteiger partial charge in [-0.05, 0) is 41.8 Å². The van der Waals surface area contributed by atoms with Gasteiger partial charge in [-0.1, -0.05) is 35.6 Å². The lowest BCUT2D eigenvalue weighted by atomic mass is 9.93. The minimum Gasteiger partial charge on any atom is -0.496 e. The van der Waals surface area contributed by atoms with Crippen molar-refractivity contribution < 1.29 is 18.7 Å². The van der Waals surface area contributed by atoms with Crippen LogP contribution in [0.4, 0.5) is 4.39 Å². The van der Waals surface area contributed by atoms with Crippen LogP contribution in [-0.2, 0) is 24.9 Å². The number of nitrogens with zero attached hydrogens (tertiary/aromatic N) is 7. The number of methoxy groups -OCH3 is 1. The number of carbonyl (C=O) groups excluding carboxylic acids is 2. The Labute approximate surface area is 288 Å². The number of aryl methyl sites for hydroxylation is 2. The van der Waals surface area contributed by atoms with Crippen molar-refractivity contribution in [2.75, 3.05) is 46.4 Å². The molecule has 0 atom stereocenters. The third-order valence-corrected chi connectivity index (χ3v) is 9.61. The highest BCUT2D eigenvalue weighted by atomic mass is 19.1. The lowest BCUT2D eigenvalue weighted by Gasteiger charge is -2.34. The SMILES string of the molecule is COc1ccccc1-c1cc(C2=CCCN(C(=O)CCn3ccnn3)C2)c(F)c2[nH]c(C(=O)N3CCN(Cc4cccn(C)c4=O)CC3)cc12. The number of hydrogen-bond donors (Lipinski definition) is 1. The first-order valence-electron chi connectivity index (χ1n) is 16.8. The van der Waals surface area contributed by atoms with E-state index in [1.807, 2.05) is 42.5 Å². The van der Waals surface area contributed by atoms with Crippen LogP contribution in [0, 0.1) is 5.82 Å². The van der Waals surface area contributed by atoms with Gasteiger partial charge in [-0.25, -0.2) is 4.39 Å². The Balaban J connectivity index is 1.16. The fourth-order valence-electron chi connectivity index (χ4n) is 6.87. The van der Waals surface area contributed by atoms with Gasteiger partial charge in [0.25, 0.3) is 11.5 Å². The summed E-state index contributed by atoms with van der Waals surface area (Å²) in [4.78, 5) is 48.4. The number of H-pyrrole nitrogens is 1. The van der Waals surface area contributed by atoms with Crippen LogP contribution in [0.25, 0.3) is 27.6 Å². The zero-order chi connectivity index (χ0) is 34.8. The fraction of sp³-hybridized carbons (Fsp3) is 0.324. The Morgan fingerprint density at radius 3 is 2.56 bits per heavy atom. The molecule has 12 nitrogen and oxygen atoms in total. The van der Waals surface area contributed by atoms with E-state index in [-0.39, 0.29) is 35.9 Å². The number of aromatic nitrogens is 5. The van der Waals surface area contributed by atoms with Crippen molar-refractivity contribution in [2.45, 2.75) is 25.9 Å². The Kier molecular flexibility index (Phi) is 9.31. The summed E-state index contributed by atoms with van der Waals surface area (Å²) in [5.74, 6) is -0.122. The van der Waals surface area contributed by atoms with Gasteiger partial charge in [0, 0.05) is 93.8 Å². The van der Waals surface area contributed by atoms with Crippen molar-refractivity contribution in [3.63, 3.8) is 0 Å². The van der Waals surface area contributed by atoms with E-state index >= 15 is 4.39 Å². The van der Waals surface area contributed by atoms with Gasteiger partial charge in [-0.2, -0.15) is 0 Å². The van der Waals surface area contributed by atoms with Gasteiger partial charge in [0.05, 0.1) is 25.4 Å². The molecule has 1 fully saturated rings. The number of amides is 2. The molecule has 13 heteroatoms. The molecule has 0 saturated carbocycles. The average Bonchev–Trinajstić information content (AvgIpc) is 3.84. The summed E-state index contributed by atoms with van der Waals surface area (Å²) in [6.45, 7) is 3.89. The number of benzene rings is 2. The first-order valence-corrected chi connectivity index (χ1v) is 16.8. The largest absolute Gasteiger partial charge is 0.496 e.